The number of halogens is 2. The molecule has 1 heterocycles. The Hall–Kier alpha value is -4.04. The Morgan fingerprint density at radius 2 is 1.28 bits per heavy atom. The molecule has 32 heavy (non-hydrogen) atoms. The van der Waals surface area contributed by atoms with E-state index in [-0.39, 0.29) is 29.3 Å². The lowest BCUT2D eigenvalue weighted by Crippen LogP contribution is -2.45. The van der Waals surface area contributed by atoms with Crippen LogP contribution in [0, 0.1) is 11.6 Å². The molecule has 6 nitrogen and oxygen atoms in total. The third-order valence-corrected chi connectivity index (χ3v) is 4.71. The van der Waals surface area contributed by atoms with Crippen molar-refractivity contribution >= 4 is 11.9 Å². The fourth-order valence-corrected chi connectivity index (χ4v) is 3.11. The number of carbonyl (C=O) groups excluding carboxylic acids is 2. The molecule has 8 heteroatoms. The number of hydrogen-bond donors (Lipinski definition) is 2. The number of benzene rings is 3. The van der Waals surface area contributed by atoms with Gasteiger partial charge in [0.2, 0.25) is 0 Å². The monoisotopic (exact) mass is 436 g/mol. The zero-order valence-corrected chi connectivity index (χ0v) is 16.7. The molecule has 1 aliphatic heterocycles. The molecule has 0 fully saturated rings. The Balaban J connectivity index is 1.61. The first kappa shape index (κ1) is 21.2. The topological polar surface area (TPSA) is 76.7 Å². The summed E-state index contributed by atoms with van der Waals surface area (Å²) in [4.78, 5) is 25.7. The Morgan fingerprint density at radius 1 is 0.750 bits per heavy atom. The predicted octanol–water partition coefficient (Wildman–Crippen LogP) is 3.62. The van der Waals surface area contributed by atoms with Gasteiger partial charge in [0, 0.05) is 6.54 Å². The molecule has 2 N–H and O–H groups in total. The van der Waals surface area contributed by atoms with Gasteiger partial charge in [-0.25, -0.2) is 18.4 Å². The van der Waals surface area contributed by atoms with E-state index in [4.69, 9.17) is 9.47 Å². The molecular weight excluding hydrogens is 418 g/mol. The number of nitrogens with one attached hydrogen (secondary N) is 2. The normalized spacial score (nSPS) is 15.6. The first-order valence-corrected chi connectivity index (χ1v) is 9.73. The maximum Gasteiger partial charge on any atom is 0.360 e. The highest BCUT2D eigenvalue weighted by molar-refractivity contribution is 6.02. The number of hydrogen-bond acceptors (Lipinski definition) is 6. The van der Waals surface area contributed by atoms with Crippen LogP contribution in [0.25, 0.3) is 0 Å². The van der Waals surface area contributed by atoms with Gasteiger partial charge in [0.25, 0.3) is 0 Å². The minimum Gasteiger partial charge on any atom is -0.423 e. The van der Waals surface area contributed by atoms with Crippen molar-refractivity contribution in [2.75, 3.05) is 6.54 Å². The molecule has 0 aliphatic carbocycles. The minimum absolute atomic E-state index is 0.00798. The van der Waals surface area contributed by atoms with E-state index in [0.29, 0.717) is 0 Å². The molecule has 1 aliphatic rings. The van der Waals surface area contributed by atoms with E-state index < -0.39 is 29.7 Å². The van der Waals surface area contributed by atoms with Crippen molar-refractivity contribution in [1.82, 2.24) is 10.6 Å². The van der Waals surface area contributed by atoms with Crippen LogP contribution in [-0.2, 0) is 9.59 Å². The van der Waals surface area contributed by atoms with Crippen LogP contribution in [0.15, 0.2) is 90.1 Å². The first-order valence-electron chi connectivity index (χ1n) is 9.73. The van der Waals surface area contributed by atoms with Gasteiger partial charge in [0.15, 0.2) is 0 Å². The van der Waals surface area contributed by atoms with Gasteiger partial charge >= 0.3 is 11.9 Å². The predicted molar refractivity (Wildman–Crippen MR) is 111 cm³/mol. The van der Waals surface area contributed by atoms with E-state index in [1.165, 1.54) is 24.3 Å². The molecule has 0 amide bonds. The summed E-state index contributed by atoms with van der Waals surface area (Å²) in [5, 5.41) is 6.12. The summed E-state index contributed by atoms with van der Waals surface area (Å²) in [5.41, 5.74) is 0.758. The molecule has 3 aromatic rings. The molecule has 0 saturated carbocycles. The van der Waals surface area contributed by atoms with Crippen LogP contribution in [0.2, 0.25) is 0 Å². The lowest BCUT2D eigenvalue weighted by atomic mass is 10.1. The molecule has 4 rings (SSSR count). The third-order valence-electron chi connectivity index (χ3n) is 4.71. The standard InChI is InChI=1S/C24H18F2N2O4/c25-16-6-10-18(11-7-16)31-23(29)20-14-27-22(15-4-2-1-3-5-15)28-21(20)24(30)32-19-12-8-17(26)9-13-19/h1-13,22,27-28H,14H2. The number of rotatable bonds is 5. The van der Waals surface area contributed by atoms with Crippen molar-refractivity contribution in [1.29, 1.82) is 0 Å². The summed E-state index contributed by atoms with van der Waals surface area (Å²) < 4.78 is 36.9. The van der Waals surface area contributed by atoms with E-state index >= 15 is 0 Å². The second-order valence-electron chi connectivity index (χ2n) is 6.91. The van der Waals surface area contributed by atoms with Crippen molar-refractivity contribution in [3.8, 4) is 11.5 Å². The maximum atomic E-state index is 13.2. The second kappa shape index (κ2) is 9.40. The van der Waals surface area contributed by atoms with E-state index in [1.54, 1.807) is 0 Å². The van der Waals surface area contributed by atoms with Gasteiger partial charge in [-0.2, -0.15) is 0 Å². The molecule has 0 bridgehead atoms. The van der Waals surface area contributed by atoms with E-state index in [0.717, 1.165) is 29.8 Å². The summed E-state index contributed by atoms with van der Waals surface area (Å²) in [5.74, 6) is -2.33. The average molecular weight is 436 g/mol. The van der Waals surface area contributed by atoms with Gasteiger partial charge in [0.05, 0.1) is 5.57 Å². The van der Waals surface area contributed by atoms with Crippen LogP contribution in [0.5, 0.6) is 11.5 Å². The van der Waals surface area contributed by atoms with Crippen molar-refractivity contribution in [3.63, 3.8) is 0 Å². The van der Waals surface area contributed by atoms with Gasteiger partial charge in [-0.1, -0.05) is 30.3 Å². The molecule has 162 valence electrons. The van der Waals surface area contributed by atoms with Crippen LogP contribution in [0.1, 0.15) is 11.7 Å². The Kier molecular flexibility index (Phi) is 6.23. The molecular formula is C24H18F2N2O4. The van der Waals surface area contributed by atoms with Gasteiger partial charge in [-0.05, 0) is 54.1 Å². The van der Waals surface area contributed by atoms with Crippen molar-refractivity contribution in [2.24, 2.45) is 0 Å². The van der Waals surface area contributed by atoms with Crippen LogP contribution < -0.4 is 20.1 Å². The Labute approximate surface area is 182 Å². The number of ether oxygens (including phenoxy) is 2. The average Bonchev–Trinajstić information content (AvgIpc) is 2.82. The summed E-state index contributed by atoms with van der Waals surface area (Å²) in [6.45, 7) is 0.0143. The number of carbonyl (C=O) groups is 2. The fraction of sp³-hybridized carbons (Fsp3) is 0.0833. The molecule has 0 aromatic heterocycles. The fourth-order valence-electron chi connectivity index (χ4n) is 3.11. The highest BCUT2D eigenvalue weighted by Gasteiger charge is 2.31. The summed E-state index contributed by atoms with van der Waals surface area (Å²) in [6.07, 6.45) is -0.464. The largest absolute Gasteiger partial charge is 0.423 e. The van der Waals surface area contributed by atoms with Crippen LogP contribution in [-0.4, -0.2) is 18.5 Å². The quantitative estimate of drug-likeness (QED) is 0.470. The summed E-state index contributed by atoms with van der Waals surface area (Å²) in [6, 6.07) is 19.1. The lowest BCUT2D eigenvalue weighted by Gasteiger charge is -2.29. The van der Waals surface area contributed by atoms with Gasteiger partial charge in [0.1, 0.15) is 35.0 Å². The van der Waals surface area contributed by atoms with E-state index in [1.807, 2.05) is 30.3 Å². The summed E-state index contributed by atoms with van der Waals surface area (Å²) in [7, 11) is 0. The first-order chi connectivity index (χ1) is 15.5. The zero-order valence-electron chi connectivity index (χ0n) is 16.7. The van der Waals surface area contributed by atoms with Crippen molar-refractivity contribution in [3.05, 3.63) is 107 Å². The zero-order chi connectivity index (χ0) is 22.5. The summed E-state index contributed by atoms with van der Waals surface area (Å²) >= 11 is 0. The van der Waals surface area contributed by atoms with Gasteiger partial charge < -0.3 is 14.8 Å². The Bertz CT molecular complexity index is 1150. The highest BCUT2D eigenvalue weighted by atomic mass is 19.1. The van der Waals surface area contributed by atoms with Gasteiger partial charge in [-0.15, -0.1) is 0 Å². The molecule has 1 unspecified atom stereocenters. The molecule has 3 aromatic carbocycles. The van der Waals surface area contributed by atoms with Gasteiger partial charge in [-0.3, -0.25) is 5.32 Å². The molecule has 0 saturated heterocycles. The molecule has 1 atom stereocenters. The van der Waals surface area contributed by atoms with Crippen LogP contribution in [0.3, 0.4) is 0 Å². The maximum absolute atomic E-state index is 13.2. The van der Waals surface area contributed by atoms with E-state index in [2.05, 4.69) is 10.6 Å². The third kappa shape index (κ3) is 4.98. The smallest absolute Gasteiger partial charge is 0.360 e. The van der Waals surface area contributed by atoms with Crippen LogP contribution in [0.4, 0.5) is 8.78 Å². The molecule has 0 spiro atoms. The van der Waals surface area contributed by atoms with E-state index in [9.17, 15) is 18.4 Å². The number of esters is 2. The SMILES string of the molecule is O=C(Oc1ccc(F)cc1)C1=C(C(=O)Oc2ccc(F)cc2)NC(c2ccccc2)NC1. The highest BCUT2D eigenvalue weighted by Crippen LogP contribution is 2.22. The van der Waals surface area contributed by atoms with Crippen molar-refractivity contribution in [2.45, 2.75) is 6.17 Å². The minimum atomic E-state index is -0.829. The molecule has 0 radical (unpaired) electrons. The van der Waals surface area contributed by atoms with Crippen molar-refractivity contribution < 1.29 is 27.8 Å². The Morgan fingerprint density at radius 3 is 1.84 bits per heavy atom. The lowest BCUT2D eigenvalue weighted by molar-refractivity contribution is -0.134. The second-order valence-corrected chi connectivity index (χ2v) is 6.91. The van der Waals surface area contributed by atoms with Crippen LogP contribution >= 0.6 is 0 Å².